The van der Waals surface area contributed by atoms with Crippen molar-refractivity contribution in [3.05, 3.63) is 41.2 Å². The van der Waals surface area contributed by atoms with Crippen molar-refractivity contribution < 1.29 is 9.53 Å². The number of ether oxygens (including phenoxy) is 1. The SMILES string of the molecule is Cc1cc(C)nc(NCCCC(=O)Nc2nc3ccc(CN4CCOCC4)cc3s2)n1. The molecule has 3 aromatic rings. The van der Waals surface area contributed by atoms with Crippen LogP contribution in [0.2, 0.25) is 0 Å². The largest absolute Gasteiger partial charge is 0.379 e. The highest BCUT2D eigenvalue weighted by atomic mass is 32.1. The van der Waals surface area contributed by atoms with E-state index in [2.05, 4.69) is 42.6 Å². The number of carbonyl (C=O) groups is 1. The van der Waals surface area contributed by atoms with E-state index in [0.29, 0.717) is 30.5 Å². The number of benzene rings is 1. The van der Waals surface area contributed by atoms with E-state index in [1.54, 1.807) is 0 Å². The predicted molar refractivity (Wildman–Crippen MR) is 124 cm³/mol. The van der Waals surface area contributed by atoms with Crippen LogP contribution in [0.1, 0.15) is 29.8 Å². The van der Waals surface area contributed by atoms with Crippen LogP contribution in [-0.2, 0) is 16.1 Å². The molecule has 0 radical (unpaired) electrons. The number of aromatic nitrogens is 3. The van der Waals surface area contributed by atoms with Crippen LogP contribution in [0.3, 0.4) is 0 Å². The van der Waals surface area contributed by atoms with Crippen molar-refractivity contribution in [2.75, 3.05) is 43.5 Å². The van der Waals surface area contributed by atoms with Crippen LogP contribution < -0.4 is 10.6 Å². The van der Waals surface area contributed by atoms with E-state index < -0.39 is 0 Å². The Morgan fingerprint density at radius 2 is 1.90 bits per heavy atom. The summed E-state index contributed by atoms with van der Waals surface area (Å²) < 4.78 is 6.51. The summed E-state index contributed by atoms with van der Waals surface area (Å²) in [6, 6.07) is 8.25. The summed E-state index contributed by atoms with van der Waals surface area (Å²) >= 11 is 1.52. The highest BCUT2D eigenvalue weighted by Crippen LogP contribution is 2.27. The molecule has 1 aliphatic rings. The van der Waals surface area contributed by atoms with E-state index in [4.69, 9.17) is 4.74 Å². The maximum Gasteiger partial charge on any atom is 0.226 e. The van der Waals surface area contributed by atoms with Crippen molar-refractivity contribution in [2.45, 2.75) is 33.2 Å². The molecule has 0 spiro atoms. The summed E-state index contributed by atoms with van der Waals surface area (Å²) in [6.45, 7) is 8.96. The van der Waals surface area contributed by atoms with Crippen molar-refractivity contribution in [3.8, 4) is 0 Å². The van der Waals surface area contributed by atoms with E-state index in [-0.39, 0.29) is 5.91 Å². The number of fused-ring (bicyclic) bond motifs is 1. The fourth-order valence-electron chi connectivity index (χ4n) is 3.57. The fourth-order valence-corrected chi connectivity index (χ4v) is 4.52. The molecule has 2 aromatic heterocycles. The molecule has 31 heavy (non-hydrogen) atoms. The molecule has 3 heterocycles. The maximum atomic E-state index is 12.3. The normalized spacial score (nSPS) is 14.6. The number of rotatable bonds is 8. The molecule has 0 saturated carbocycles. The van der Waals surface area contributed by atoms with Gasteiger partial charge in [0.2, 0.25) is 11.9 Å². The first kappa shape index (κ1) is 21.6. The van der Waals surface area contributed by atoms with Crippen LogP contribution >= 0.6 is 11.3 Å². The second-order valence-corrected chi connectivity index (χ2v) is 8.79. The van der Waals surface area contributed by atoms with E-state index in [0.717, 1.165) is 54.5 Å². The van der Waals surface area contributed by atoms with Gasteiger partial charge in [-0.3, -0.25) is 9.69 Å². The zero-order chi connectivity index (χ0) is 21.6. The summed E-state index contributed by atoms with van der Waals surface area (Å²) in [7, 11) is 0. The summed E-state index contributed by atoms with van der Waals surface area (Å²) in [4.78, 5) is 28.0. The summed E-state index contributed by atoms with van der Waals surface area (Å²) in [6.07, 6.45) is 1.10. The van der Waals surface area contributed by atoms with E-state index in [1.165, 1.54) is 16.9 Å². The molecule has 0 unspecified atom stereocenters. The molecule has 164 valence electrons. The highest BCUT2D eigenvalue weighted by molar-refractivity contribution is 7.22. The summed E-state index contributed by atoms with van der Waals surface area (Å²) in [5, 5.41) is 6.76. The third-order valence-electron chi connectivity index (χ3n) is 5.06. The van der Waals surface area contributed by atoms with Gasteiger partial charge in [-0.05, 0) is 44.0 Å². The number of carbonyl (C=O) groups excluding carboxylic acids is 1. The Bertz CT molecular complexity index is 1030. The lowest BCUT2D eigenvalue weighted by atomic mass is 10.2. The Hall–Kier alpha value is -2.62. The molecule has 1 amide bonds. The predicted octanol–water partition coefficient (Wildman–Crippen LogP) is 3.37. The molecule has 0 atom stereocenters. The zero-order valence-corrected chi connectivity index (χ0v) is 18.8. The van der Waals surface area contributed by atoms with Crippen molar-refractivity contribution in [2.24, 2.45) is 0 Å². The van der Waals surface area contributed by atoms with E-state index in [1.807, 2.05) is 26.0 Å². The van der Waals surface area contributed by atoms with Crippen molar-refractivity contribution in [1.29, 1.82) is 0 Å². The third-order valence-corrected chi connectivity index (χ3v) is 5.99. The number of hydrogen-bond donors (Lipinski definition) is 2. The molecule has 1 saturated heterocycles. The van der Waals surface area contributed by atoms with Gasteiger partial charge in [0.05, 0.1) is 23.4 Å². The maximum absolute atomic E-state index is 12.3. The Morgan fingerprint density at radius 3 is 2.68 bits per heavy atom. The molecule has 0 aliphatic carbocycles. The second-order valence-electron chi connectivity index (χ2n) is 7.76. The minimum absolute atomic E-state index is 0.0317. The summed E-state index contributed by atoms with van der Waals surface area (Å²) in [5.74, 6) is 0.577. The number of hydrogen-bond acceptors (Lipinski definition) is 8. The van der Waals surface area contributed by atoms with Crippen LogP contribution in [0.4, 0.5) is 11.1 Å². The Morgan fingerprint density at radius 1 is 1.13 bits per heavy atom. The third kappa shape index (κ3) is 6.19. The second kappa shape index (κ2) is 10.1. The van der Waals surface area contributed by atoms with Crippen LogP contribution in [0.15, 0.2) is 24.3 Å². The molecule has 2 N–H and O–H groups in total. The van der Waals surface area contributed by atoms with Gasteiger partial charge in [0.1, 0.15) is 0 Å². The number of nitrogens with one attached hydrogen (secondary N) is 2. The molecule has 4 rings (SSSR count). The van der Waals surface area contributed by atoms with E-state index in [9.17, 15) is 4.79 Å². The van der Waals surface area contributed by atoms with Gasteiger partial charge in [-0.25, -0.2) is 15.0 Å². The molecule has 1 fully saturated rings. The van der Waals surface area contributed by atoms with Gasteiger partial charge in [-0.2, -0.15) is 0 Å². The number of morpholine rings is 1. The molecule has 8 nitrogen and oxygen atoms in total. The van der Waals surface area contributed by atoms with Crippen molar-refractivity contribution in [3.63, 3.8) is 0 Å². The Balaban J connectivity index is 1.26. The summed E-state index contributed by atoms with van der Waals surface area (Å²) in [5.41, 5.74) is 4.03. The molecular formula is C22H28N6O2S. The van der Waals surface area contributed by atoms with Gasteiger partial charge in [0.15, 0.2) is 5.13 Å². The highest BCUT2D eigenvalue weighted by Gasteiger charge is 2.13. The first-order chi connectivity index (χ1) is 15.0. The number of aryl methyl sites for hydroxylation is 2. The number of anilines is 2. The van der Waals surface area contributed by atoms with Crippen LogP contribution in [0, 0.1) is 13.8 Å². The molecular weight excluding hydrogens is 412 g/mol. The average Bonchev–Trinajstić information content (AvgIpc) is 3.13. The van der Waals surface area contributed by atoms with Crippen LogP contribution in [-0.4, -0.2) is 58.6 Å². The van der Waals surface area contributed by atoms with Gasteiger partial charge < -0.3 is 15.4 Å². The lowest BCUT2D eigenvalue weighted by Crippen LogP contribution is -2.35. The van der Waals surface area contributed by atoms with Crippen molar-refractivity contribution >= 4 is 38.5 Å². The first-order valence-electron chi connectivity index (χ1n) is 10.6. The monoisotopic (exact) mass is 440 g/mol. The fraction of sp³-hybridized carbons (Fsp3) is 0.455. The average molecular weight is 441 g/mol. The Labute approximate surface area is 186 Å². The zero-order valence-electron chi connectivity index (χ0n) is 18.0. The van der Waals surface area contributed by atoms with E-state index >= 15 is 0 Å². The van der Waals surface area contributed by atoms with Gasteiger partial charge in [-0.15, -0.1) is 0 Å². The lowest BCUT2D eigenvalue weighted by Gasteiger charge is -2.26. The Kier molecular flexibility index (Phi) is 7.06. The van der Waals surface area contributed by atoms with Crippen LogP contribution in [0.5, 0.6) is 0 Å². The topological polar surface area (TPSA) is 92.3 Å². The molecule has 1 aromatic carbocycles. The first-order valence-corrected chi connectivity index (χ1v) is 11.4. The quantitative estimate of drug-likeness (QED) is 0.519. The molecule has 0 bridgehead atoms. The van der Waals surface area contributed by atoms with Crippen LogP contribution in [0.25, 0.3) is 10.2 Å². The number of amides is 1. The minimum Gasteiger partial charge on any atom is -0.379 e. The molecule has 1 aliphatic heterocycles. The number of nitrogens with zero attached hydrogens (tertiary/aromatic N) is 4. The minimum atomic E-state index is -0.0317. The van der Waals surface area contributed by atoms with Gasteiger partial charge >= 0.3 is 0 Å². The lowest BCUT2D eigenvalue weighted by molar-refractivity contribution is -0.116. The van der Waals surface area contributed by atoms with Gasteiger partial charge in [0, 0.05) is 44.0 Å². The van der Waals surface area contributed by atoms with Gasteiger partial charge in [0.25, 0.3) is 0 Å². The standard InChI is InChI=1S/C22H28N6O2S/c1-15-12-16(2)25-21(24-15)23-7-3-4-20(29)27-22-26-18-6-5-17(13-19(18)31-22)14-28-8-10-30-11-9-28/h5-6,12-13H,3-4,7-11,14H2,1-2H3,(H,23,24,25)(H,26,27,29). The molecule has 9 heteroatoms. The van der Waals surface area contributed by atoms with Crippen molar-refractivity contribution in [1.82, 2.24) is 19.9 Å². The van der Waals surface area contributed by atoms with Gasteiger partial charge in [-0.1, -0.05) is 17.4 Å². The number of thiazole rings is 1. The smallest absolute Gasteiger partial charge is 0.226 e.